The van der Waals surface area contributed by atoms with Crippen molar-refractivity contribution in [1.82, 2.24) is 20.5 Å². The smallest absolute Gasteiger partial charge is 0.243 e. The Kier molecular flexibility index (Phi) is 9.85. The van der Waals surface area contributed by atoms with E-state index in [9.17, 15) is 4.79 Å². The van der Waals surface area contributed by atoms with Gasteiger partial charge in [0.2, 0.25) is 5.91 Å². The van der Waals surface area contributed by atoms with Crippen LogP contribution in [0.25, 0.3) is 0 Å². The van der Waals surface area contributed by atoms with Crippen LogP contribution in [0.1, 0.15) is 12.0 Å². The minimum Gasteiger partial charge on any atom is -0.356 e. The van der Waals surface area contributed by atoms with E-state index in [1.54, 1.807) is 19.0 Å². The number of nitrogens with one attached hydrogen (secondary N) is 2. The average molecular weight is 522 g/mol. The summed E-state index contributed by atoms with van der Waals surface area (Å²) in [4.78, 5) is 24.7. The molecule has 2 heterocycles. The zero-order chi connectivity index (χ0) is 20.5. The number of benzene rings is 1. The van der Waals surface area contributed by atoms with Crippen LogP contribution in [0.15, 0.2) is 59.7 Å². The van der Waals surface area contributed by atoms with E-state index in [1.807, 2.05) is 42.6 Å². The molecular formula is C22H31IN6O. The van der Waals surface area contributed by atoms with Crippen LogP contribution in [0.3, 0.4) is 0 Å². The van der Waals surface area contributed by atoms with Gasteiger partial charge in [-0.1, -0.05) is 36.4 Å². The molecule has 0 aliphatic carbocycles. The number of carbonyl (C=O) groups excluding carboxylic acids is 1. The molecule has 1 saturated heterocycles. The van der Waals surface area contributed by atoms with Crippen molar-refractivity contribution in [3.8, 4) is 0 Å². The standard InChI is InChI=1S/C22H30N6O.HI/c1-27(2)21(29)16-25-22(24-14-11-18-8-4-3-5-9-18)26-19-12-15-28(17-19)20-10-6-7-13-23-20;/h3-10,13,19H,11-12,14-17H2,1-2H3,(H2,24,25,26);1H. The fourth-order valence-electron chi connectivity index (χ4n) is 3.23. The summed E-state index contributed by atoms with van der Waals surface area (Å²) in [6, 6.07) is 16.6. The lowest BCUT2D eigenvalue weighted by Gasteiger charge is -2.20. The van der Waals surface area contributed by atoms with Crippen LogP contribution < -0.4 is 15.5 Å². The van der Waals surface area contributed by atoms with Crippen molar-refractivity contribution in [2.75, 3.05) is 45.2 Å². The third kappa shape index (κ3) is 7.47. The highest BCUT2D eigenvalue weighted by atomic mass is 127. The molecule has 1 aliphatic rings. The molecule has 2 aromatic rings. The Balaban J connectivity index is 0.00000320. The molecule has 0 radical (unpaired) electrons. The van der Waals surface area contributed by atoms with E-state index < -0.39 is 0 Å². The molecule has 0 bridgehead atoms. The number of carbonyl (C=O) groups is 1. The molecular weight excluding hydrogens is 491 g/mol. The fourth-order valence-corrected chi connectivity index (χ4v) is 3.23. The van der Waals surface area contributed by atoms with Gasteiger partial charge in [0.1, 0.15) is 12.4 Å². The van der Waals surface area contributed by atoms with E-state index in [0.29, 0.717) is 5.96 Å². The Morgan fingerprint density at radius 3 is 2.67 bits per heavy atom. The second kappa shape index (κ2) is 12.4. The minimum atomic E-state index is -0.0179. The van der Waals surface area contributed by atoms with E-state index >= 15 is 0 Å². The van der Waals surface area contributed by atoms with Gasteiger partial charge in [-0.2, -0.15) is 0 Å². The number of pyridine rings is 1. The molecule has 1 atom stereocenters. The Labute approximate surface area is 196 Å². The van der Waals surface area contributed by atoms with Gasteiger partial charge in [-0.25, -0.2) is 9.98 Å². The molecule has 30 heavy (non-hydrogen) atoms. The van der Waals surface area contributed by atoms with Crippen molar-refractivity contribution in [1.29, 1.82) is 0 Å². The molecule has 1 aliphatic heterocycles. The molecule has 8 heteroatoms. The SMILES string of the molecule is CN(C)C(=O)CN=C(NCCc1ccccc1)NC1CCN(c2ccccn2)C1.I. The lowest BCUT2D eigenvalue weighted by Crippen LogP contribution is -2.45. The highest BCUT2D eigenvalue weighted by Gasteiger charge is 2.24. The summed E-state index contributed by atoms with van der Waals surface area (Å²) in [6.45, 7) is 2.69. The number of hydrogen-bond acceptors (Lipinski definition) is 4. The average Bonchev–Trinajstić information content (AvgIpc) is 3.21. The Morgan fingerprint density at radius 2 is 1.97 bits per heavy atom. The van der Waals surface area contributed by atoms with E-state index in [1.165, 1.54) is 5.56 Å². The van der Waals surface area contributed by atoms with Crippen LogP contribution in [0.2, 0.25) is 0 Å². The highest BCUT2D eigenvalue weighted by molar-refractivity contribution is 14.0. The third-order valence-corrected chi connectivity index (χ3v) is 4.92. The predicted molar refractivity (Wildman–Crippen MR) is 133 cm³/mol. The number of hydrogen-bond donors (Lipinski definition) is 2. The van der Waals surface area contributed by atoms with Gasteiger partial charge in [0.25, 0.3) is 0 Å². The van der Waals surface area contributed by atoms with Crippen molar-refractivity contribution in [3.05, 3.63) is 60.3 Å². The minimum absolute atomic E-state index is 0. The van der Waals surface area contributed by atoms with Crippen molar-refractivity contribution in [2.24, 2.45) is 4.99 Å². The zero-order valence-electron chi connectivity index (χ0n) is 17.6. The number of aromatic nitrogens is 1. The number of halogens is 1. The maximum atomic E-state index is 12.0. The predicted octanol–water partition coefficient (Wildman–Crippen LogP) is 2.14. The van der Waals surface area contributed by atoms with Gasteiger partial charge in [-0.3, -0.25) is 4.79 Å². The molecule has 2 N–H and O–H groups in total. The van der Waals surface area contributed by atoms with Crippen LogP contribution >= 0.6 is 24.0 Å². The Hall–Kier alpha value is -2.36. The van der Waals surface area contributed by atoms with Gasteiger partial charge in [0, 0.05) is 46.0 Å². The van der Waals surface area contributed by atoms with Crippen LogP contribution in [-0.2, 0) is 11.2 Å². The van der Waals surface area contributed by atoms with Crippen LogP contribution in [-0.4, -0.2) is 68.1 Å². The number of rotatable bonds is 7. The molecule has 1 fully saturated rings. The van der Waals surface area contributed by atoms with Crippen molar-refractivity contribution in [2.45, 2.75) is 18.9 Å². The van der Waals surface area contributed by atoms with Gasteiger partial charge in [0.15, 0.2) is 5.96 Å². The van der Waals surface area contributed by atoms with E-state index in [-0.39, 0.29) is 42.5 Å². The first-order valence-electron chi connectivity index (χ1n) is 10.1. The monoisotopic (exact) mass is 522 g/mol. The van der Waals surface area contributed by atoms with Crippen LogP contribution in [0.5, 0.6) is 0 Å². The fraction of sp³-hybridized carbons (Fsp3) is 0.409. The second-order valence-corrected chi connectivity index (χ2v) is 7.38. The zero-order valence-corrected chi connectivity index (χ0v) is 20.0. The summed E-state index contributed by atoms with van der Waals surface area (Å²) >= 11 is 0. The molecule has 1 unspecified atom stereocenters. The summed E-state index contributed by atoms with van der Waals surface area (Å²) in [6.07, 6.45) is 3.71. The third-order valence-electron chi connectivity index (χ3n) is 4.92. The molecule has 1 amide bonds. The van der Waals surface area contributed by atoms with Gasteiger partial charge in [-0.05, 0) is 30.5 Å². The summed E-state index contributed by atoms with van der Waals surface area (Å²) in [5.74, 6) is 1.66. The first-order chi connectivity index (χ1) is 14.1. The number of anilines is 1. The maximum absolute atomic E-state index is 12.0. The van der Waals surface area contributed by atoms with Crippen molar-refractivity contribution in [3.63, 3.8) is 0 Å². The summed E-state index contributed by atoms with van der Waals surface area (Å²) in [5.41, 5.74) is 1.27. The van der Waals surface area contributed by atoms with E-state index in [0.717, 1.165) is 38.3 Å². The number of nitrogens with zero attached hydrogens (tertiary/aromatic N) is 4. The van der Waals surface area contributed by atoms with Gasteiger partial charge < -0.3 is 20.4 Å². The lowest BCUT2D eigenvalue weighted by atomic mass is 10.1. The van der Waals surface area contributed by atoms with Crippen molar-refractivity contribution >= 4 is 41.7 Å². The molecule has 1 aromatic heterocycles. The normalized spacial score (nSPS) is 16.0. The van der Waals surface area contributed by atoms with Crippen LogP contribution in [0, 0.1) is 0 Å². The topological polar surface area (TPSA) is 72.9 Å². The van der Waals surface area contributed by atoms with Gasteiger partial charge in [0.05, 0.1) is 0 Å². The lowest BCUT2D eigenvalue weighted by molar-refractivity contribution is -0.127. The van der Waals surface area contributed by atoms with Crippen molar-refractivity contribution < 1.29 is 4.79 Å². The number of aliphatic imine (C=N–C) groups is 1. The Morgan fingerprint density at radius 1 is 1.20 bits per heavy atom. The van der Waals surface area contributed by atoms with E-state index in [4.69, 9.17) is 0 Å². The first-order valence-corrected chi connectivity index (χ1v) is 10.1. The largest absolute Gasteiger partial charge is 0.356 e. The molecule has 0 spiro atoms. The number of amides is 1. The summed E-state index contributed by atoms with van der Waals surface area (Å²) in [5, 5.41) is 6.87. The molecule has 3 rings (SSSR count). The maximum Gasteiger partial charge on any atom is 0.243 e. The molecule has 162 valence electrons. The highest BCUT2D eigenvalue weighted by Crippen LogP contribution is 2.17. The quantitative estimate of drug-likeness (QED) is 0.331. The summed E-state index contributed by atoms with van der Waals surface area (Å²) in [7, 11) is 3.49. The Bertz CT molecular complexity index is 800. The van der Waals surface area contributed by atoms with Gasteiger partial charge in [-0.15, -0.1) is 24.0 Å². The van der Waals surface area contributed by atoms with Crippen LogP contribution in [0.4, 0.5) is 5.82 Å². The number of likely N-dealkylation sites (N-methyl/N-ethyl adjacent to an activating group) is 1. The molecule has 7 nitrogen and oxygen atoms in total. The van der Waals surface area contributed by atoms with Gasteiger partial charge >= 0.3 is 0 Å². The first kappa shape index (κ1) is 23.9. The summed E-state index contributed by atoms with van der Waals surface area (Å²) < 4.78 is 0. The second-order valence-electron chi connectivity index (χ2n) is 7.38. The van der Waals surface area contributed by atoms with E-state index in [2.05, 4.69) is 37.6 Å². The molecule has 1 aromatic carbocycles. The molecule has 0 saturated carbocycles. The number of guanidine groups is 1.